The lowest BCUT2D eigenvalue weighted by molar-refractivity contribution is 0.0545. The molecule has 9 nitrogen and oxygen atoms in total. The van der Waals surface area contributed by atoms with Gasteiger partial charge in [-0.1, -0.05) is 0 Å². The van der Waals surface area contributed by atoms with Crippen LogP contribution in [0.15, 0.2) is 23.4 Å². The number of aryl methyl sites for hydroxylation is 1. The molecule has 0 saturated carbocycles. The highest BCUT2D eigenvalue weighted by atomic mass is 32.2. The number of hydrogen-bond donors (Lipinski definition) is 0. The van der Waals surface area contributed by atoms with E-state index in [9.17, 15) is 22.0 Å². The number of sulfonamides is 1. The lowest BCUT2D eigenvalue weighted by Gasteiger charge is -2.33. The molecule has 2 aromatic rings. The number of carbonyl (C=O) groups is 1. The van der Waals surface area contributed by atoms with Crippen LogP contribution >= 0.6 is 0 Å². The Kier molecular flexibility index (Phi) is 4.80. The van der Waals surface area contributed by atoms with Crippen LogP contribution in [-0.4, -0.2) is 69.3 Å². The maximum Gasteiger partial charge on any atom is 0.333 e. The monoisotopic (exact) mass is 388 g/mol. The predicted molar refractivity (Wildman–Crippen MR) is 86.1 cm³/mol. The van der Waals surface area contributed by atoms with Crippen LogP contribution in [0.25, 0.3) is 0 Å². The average molecular weight is 388 g/mol. The first-order valence-corrected chi connectivity index (χ1v) is 9.27. The van der Waals surface area contributed by atoms with E-state index in [-0.39, 0.29) is 36.8 Å². The molecule has 2 aromatic heterocycles. The molecule has 1 fully saturated rings. The predicted octanol–water partition coefficient (Wildman–Crippen LogP) is 0.467. The van der Waals surface area contributed by atoms with Crippen LogP contribution in [0.2, 0.25) is 0 Å². The minimum Gasteiger partial charge on any atom is -0.335 e. The molecule has 1 amide bonds. The molecule has 0 atom stereocenters. The third kappa shape index (κ3) is 3.21. The molecule has 1 saturated heterocycles. The van der Waals surface area contributed by atoms with Crippen molar-refractivity contribution in [3.05, 3.63) is 29.8 Å². The van der Waals surface area contributed by atoms with Gasteiger partial charge in [0.15, 0.2) is 5.69 Å². The van der Waals surface area contributed by atoms with Crippen LogP contribution < -0.4 is 0 Å². The molecule has 0 spiro atoms. The fourth-order valence-corrected chi connectivity index (χ4v) is 4.33. The van der Waals surface area contributed by atoms with Crippen molar-refractivity contribution in [3.8, 4) is 0 Å². The third-order valence-corrected chi connectivity index (χ3v) is 6.36. The minimum absolute atomic E-state index is 0.0929. The van der Waals surface area contributed by atoms with Crippen molar-refractivity contribution in [1.82, 2.24) is 28.8 Å². The fourth-order valence-electron chi connectivity index (χ4n) is 2.73. The highest BCUT2D eigenvalue weighted by Gasteiger charge is 2.33. The first-order chi connectivity index (χ1) is 12.2. The van der Waals surface area contributed by atoms with E-state index in [1.807, 2.05) is 0 Å². The van der Waals surface area contributed by atoms with Crippen molar-refractivity contribution in [2.75, 3.05) is 26.2 Å². The normalized spacial score (nSPS) is 16.4. The van der Waals surface area contributed by atoms with Gasteiger partial charge in [0.05, 0.1) is 11.9 Å². The summed E-state index contributed by atoms with van der Waals surface area (Å²) in [4.78, 5) is 13.9. The molecule has 3 rings (SSSR count). The zero-order chi connectivity index (χ0) is 19.1. The van der Waals surface area contributed by atoms with E-state index in [2.05, 4.69) is 10.2 Å². The second-order valence-electron chi connectivity index (χ2n) is 5.87. The number of carbonyl (C=O) groups excluding carboxylic acids is 1. The fraction of sp³-hybridized carbons (Fsp3) is 0.500. The first-order valence-electron chi connectivity index (χ1n) is 7.83. The average Bonchev–Trinajstić information content (AvgIpc) is 3.23. The standard InChI is InChI=1S/C14H18F2N6O3S/c1-10-12(9-17-19(10)2)26(24,25)21-7-5-20(6-8-21)13(23)11-3-4-22(18-11)14(15)16/h3-4,9,14H,5-8H2,1-2H3. The number of halogens is 2. The molecule has 0 radical (unpaired) electrons. The topological polar surface area (TPSA) is 93.3 Å². The van der Waals surface area contributed by atoms with Crippen molar-refractivity contribution in [3.63, 3.8) is 0 Å². The SMILES string of the molecule is Cc1c(S(=O)(=O)N2CCN(C(=O)c3ccn(C(F)F)n3)CC2)cnn1C. The maximum absolute atomic E-state index is 12.7. The van der Waals surface area contributed by atoms with Gasteiger partial charge in [-0.2, -0.15) is 23.3 Å². The largest absolute Gasteiger partial charge is 0.335 e. The Balaban J connectivity index is 1.68. The van der Waals surface area contributed by atoms with E-state index in [1.165, 1.54) is 26.2 Å². The van der Waals surface area contributed by atoms with Gasteiger partial charge in [-0.15, -0.1) is 0 Å². The molecule has 12 heteroatoms. The van der Waals surface area contributed by atoms with Crippen LogP contribution in [0.4, 0.5) is 8.78 Å². The van der Waals surface area contributed by atoms with E-state index in [0.29, 0.717) is 10.4 Å². The van der Waals surface area contributed by atoms with Gasteiger partial charge in [-0.3, -0.25) is 9.48 Å². The van der Waals surface area contributed by atoms with E-state index in [0.717, 1.165) is 6.20 Å². The van der Waals surface area contributed by atoms with Crippen molar-refractivity contribution in [2.45, 2.75) is 18.4 Å². The Labute approximate surface area is 148 Å². The highest BCUT2D eigenvalue weighted by molar-refractivity contribution is 7.89. The summed E-state index contributed by atoms with van der Waals surface area (Å²) < 4.78 is 53.7. The maximum atomic E-state index is 12.7. The van der Waals surface area contributed by atoms with Gasteiger partial charge in [0.2, 0.25) is 10.0 Å². The van der Waals surface area contributed by atoms with Crippen LogP contribution in [0.1, 0.15) is 22.7 Å². The number of amides is 1. The van der Waals surface area contributed by atoms with Crippen LogP contribution in [-0.2, 0) is 17.1 Å². The highest BCUT2D eigenvalue weighted by Crippen LogP contribution is 2.21. The summed E-state index contributed by atoms with van der Waals surface area (Å²) in [5.41, 5.74) is 0.436. The number of piperazine rings is 1. The summed E-state index contributed by atoms with van der Waals surface area (Å²) in [5.74, 6) is -0.501. The van der Waals surface area contributed by atoms with Crippen LogP contribution in [0.5, 0.6) is 0 Å². The number of aromatic nitrogens is 4. The Morgan fingerprint density at radius 1 is 1.23 bits per heavy atom. The van der Waals surface area contributed by atoms with Crippen LogP contribution in [0, 0.1) is 6.92 Å². The van der Waals surface area contributed by atoms with Gasteiger partial charge in [0.1, 0.15) is 4.90 Å². The Hall–Kier alpha value is -2.34. The van der Waals surface area contributed by atoms with E-state index < -0.39 is 22.5 Å². The smallest absolute Gasteiger partial charge is 0.333 e. The van der Waals surface area contributed by atoms with Crippen molar-refractivity contribution in [1.29, 1.82) is 0 Å². The molecule has 1 aliphatic heterocycles. The molecule has 142 valence electrons. The summed E-state index contributed by atoms with van der Waals surface area (Å²) in [7, 11) is -2.04. The molecule has 0 aliphatic carbocycles. The molecular formula is C14H18F2N6O3S. The molecular weight excluding hydrogens is 370 g/mol. The quantitative estimate of drug-likeness (QED) is 0.759. The summed E-state index contributed by atoms with van der Waals surface area (Å²) in [6, 6.07) is 1.22. The molecule has 1 aliphatic rings. The molecule has 0 unspecified atom stereocenters. The molecule has 3 heterocycles. The van der Waals surface area contributed by atoms with Crippen molar-refractivity contribution in [2.24, 2.45) is 7.05 Å². The van der Waals surface area contributed by atoms with E-state index >= 15 is 0 Å². The Bertz CT molecular complexity index is 915. The van der Waals surface area contributed by atoms with Gasteiger partial charge in [-0.05, 0) is 13.0 Å². The Morgan fingerprint density at radius 3 is 2.38 bits per heavy atom. The summed E-state index contributed by atoms with van der Waals surface area (Å²) in [5, 5.41) is 7.50. The van der Waals surface area contributed by atoms with Gasteiger partial charge in [-0.25, -0.2) is 13.1 Å². The summed E-state index contributed by atoms with van der Waals surface area (Å²) in [6.07, 6.45) is 2.34. The van der Waals surface area contributed by atoms with Gasteiger partial charge < -0.3 is 4.90 Å². The molecule has 26 heavy (non-hydrogen) atoms. The minimum atomic E-state index is -3.70. The van der Waals surface area contributed by atoms with Crippen molar-refractivity contribution < 1.29 is 22.0 Å². The molecule has 0 bridgehead atoms. The number of hydrogen-bond acceptors (Lipinski definition) is 5. The van der Waals surface area contributed by atoms with Crippen LogP contribution in [0.3, 0.4) is 0 Å². The molecule has 0 aromatic carbocycles. The number of rotatable bonds is 4. The van der Waals surface area contributed by atoms with Crippen molar-refractivity contribution >= 4 is 15.9 Å². The molecule has 0 N–H and O–H groups in total. The van der Waals surface area contributed by atoms with Gasteiger partial charge >= 0.3 is 6.55 Å². The van der Waals surface area contributed by atoms with Gasteiger partial charge in [0, 0.05) is 39.4 Å². The lowest BCUT2D eigenvalue weighted by atomic mass is 10.3. The second-order valence-corrected chi connectivity index (χ2v) is 7.78. The van der Waals surface area contributed by atoms with E-state index in [1.54, 1.807) is 14.0 Å². The lowest BCUT2D eigenvalue weighted by Crippen LogP contribution is -2.50. The second kappa shape index (κ2) is 6.76. The zero-order valence-electron chi connectivity index (χ0n) is 14.2. The Morgan fingerprint density at radius 2 is 1.88 bits per heavy atom. The number of alkyl halides is 2. The summed E-state index contributed by atoms with van der Waals surface area (Å²) in [6.45, 7) is -0.631. The summed E-state index contributed by atoms with van der Waals surface area (Å²) >= 11 is 0. The van der Waals surface area contributed by atoms with Gasteiger partial charge in [0.25, 0.3) is 5.91 Å². The third-order valence-electron chi connectivity index (χ3n) is 4.36. The first kappa shape index (κ1) is 18.5. The number of nitrogens with zero attached hydrogens (tertiary/aromatic N) is 6. The van der Waals surface area contributed by atoms with E-state index in [4.69, 9.17) is 0 Å². The zero-order valence-corrected chi connectivity index (χ0v) is 15.0.